The van der Waals surface area contributed by atoms with Gasteiger partial charge in [-0.05, 0) is 12.1 Å². The Hall–Kier alpha value is -3.09. The molecule has 1 aromatic carbocycles. The van der Waals surface area contributed by atoms with Crippen LogP contribution in [0.1, 0.15) is 0 Å². The van der Waals surface area contributed by atoms with Crippen molar-refractivity contribution in [2.75, 3.05) is 26.3 Å². The maximum Gasteiger partial charge on any atom is 0.245 e. The van der Waals surface area contributed by atoms with Gasteiger partial charge in [0.15, 0.2) is 16.9 Å². The molecule has 2 saturated heterocycles. The Morgan fingerprint density at radius 3 is 2.79 bits per heavy atom. The first-order chi connectivity index (χ1) is 13.7. The van der Waals surface area contributed by atoms with Crippen LogP contribution in [0.15, 0.2) is 30.9 Å². The van der Waals surface area contributed by atoms with Crippen molar-refractivity contribution in [2.24, 2.45) is 11.8 Å². The summed E-state index contributed by atoms with van der Waals surface area (Å²) in [6, 6.07) is 4.30. The molecular weight excluding hydrogens is 363 g/mol. The number of fused-ring (bicyclic) bond motifs is 3. The van der Waals surface area contributed by atoms with Gasteiger partial charge < -0.3 is 14.8 Å². The maximum atomic E-state index is 14.5. The number of hydrogen-bond acceptors (Lipinski definition) is 6. The van der Waals surface area contributed by atoms with Crippen molar-refractivity contribution in [3.63, 3.8) is 0 Å². The molecule has 28 heavy (non-hydrogen) atoms. The highest BCUT2D eigenvalue weighted by Crippen LogP contribution is 2.31. The molecule has 1 N–H and O–H groups in total. The molecule has 3 aromatic rings. The van der Waals surface area contributed by atoms with Gasteiger partial charge in [0.25, 0.3) is 0 Å². The van der Waals surface area contributed by atoms with E-state index in [2.05, 4.69) is 25.1 Å². The fraction of sp³-hybridized carbons (Fsp3) is 0.368. The fourth-order valence-corrected chi connectivity index (χ4v) is 3.91. The summed E-state index contributed by atoms with van der Waals surface area (Å²) in [6.45, 7) is 9.98. The van der Waals surface area contributed by atoms with E-state index < -0.39 is 5.82 Å². The van der Waals surface area contributed by atoms with Crippen LogP contribution in [0.5, 0.6) is 5.88 Å². The quantitative estimate of drug-likeness (QED) is 0.702. The molecule has 2 fully saturated rings. The molecule has 0 aliphatic carbocycles. The Labute approximate surface area is 160 Å². The van der Waals surface area contributed by atoms with Gasteiger partial charge in [-0.1, -0.05) is 6.07 Å². The summed E-state index contributed by atoms with van der Waals surface area (Å²) >= 11 is 0. The van der Waals surface area contributed by atoms with Crippen LogP contribution in [0.4, 0.5) is 10.1 Å². The number of nitrogens with zero attached hydrogens (tertiary/aromatic N) is 5. The predicted octanol–water partition coefficient (Wildman–Crippen LogP) is 2.12. The standard InChI is InChI=1S/C19H17FN6O2/c1-21-13-2-3-15(14(20)4-13)26-10-25-16-18(26)23-9-24-19(16)28-17-11-5-22-6-12(17)8-27-7-11/h2-4,9-12,17,22H,5-8H2. The Balaban J connectivity index is 1.52. The first-order valence-electron chi connectivity index (χ1n) is 9.05. The number of hydrogen-bond donors (Lipinski definition) is 1. The largest absolute Gasteiger partial charge is 0.472 e. The van der Waals surface area contributed by atoms with Crippen molar-refractivity contribution in [3.05, 3.63) is 48.1 Å². The zero-order valence-electron chi connectivity index (χ0n) is 14.9. The van der Waals surface area contributed by atoms with Crippen LogP contribution in [0.2, 0.25) is 0 Å². The maximum absolute atomic E-state index is 14.5. The van der Waals surface area contributed by atoms with Gasteiger partial charge in [-0.2, -0.15) is 4.98 Å². The van der Waals surface area contributed by atoms with E-state index in [1.165, 1.54) is 18.7 Å². The van der Waals surface area contributed by atoms with Gasteiger partial charge in [-0.15, -0.1) is 0 Å². The Morgan fingerprint density at radius 2 is 2.04 bits per heavy atom. The molecule has 142 valence electrons. The van der Waals surface area contributed by atoms with E-state index in [0.717, 1.165) is 13.1 Å². The molecule has 0 amide bonds. The second-order valence-electron chi connectivity index (χ2n) is 7.01. The summed E-state index contributed by atoms with van der Waals surface area (Å²) < 4.78 is 27.9. The molecular formula is C19H17FN6O2. The lowest BCUT2D eigenvalue weighted by Crippen LogP contribution is -2.56. The number of nitrogens with one attached hydrogen (secondary N) is 1. The molecule has 2 unspecified atom stereocenters. The van der Waals surface area contributed by atoms with Crippen LogP contribution in [0.3, 0.4) is 0 Å². The van der Waals surface area contributed by atoms with E-state index in [1.54, 1.807) is 16.7 Å². The van der Waals surface area contributed by atoms with Crippen molar-refractivity contribution >= 4 is 16.9 Å². The molecule has 2 atom stereocenters. The van der Waals surface area contributed by atoms with Gasteiger partial charge in [0.1, 0.15) is 24.6 Å². The Bertz CT molecular complexity index is 1060. The van der Waals surface area contributed by atoms with Crippen molar-refractivity contribution in [1.29, 1.82) is 0 Å². The summed E-state index contributed by atoms with van der Waals surface area (Å²) in [5.74, 6) is 0.376. The summed E-state index contributed by atoms with van der Waals surface area (Å²) in [4.78, 5) is 16.2. The molecule has 0 radical (unpaired) electrons. The third-order valence-corrected chi connectivity index (χ3v) is 5.27. The molecule has 9 heteroatoms. The van der Waals surface area contributed by atoms with Crippen molar-refractivity contribution < 1.29 is 13.9 Å². The van der Waals surface area contributed by atoms with Crippen LogP contribution in [-0.2, 0) is 4.74 Å². The SMILES string of the molecule is [C-]#[N+]c1ccc(-n2cnc3c(OC4C5CNCC4COC5)ncnc32)c(F)c1. The molecule has 2 aliphatic rings. The lowest BCUT2D eigenvalue weighted by atomic mass is 9.86. The first kappa shape index (κ1) is 17.0. The zero-order valence-corrected chi connectivity index (χ0v) is 14.9. The van der Waals surface area contributed by atoms with E-state index >= 15 is 0 Å². The topological polar surface area (TPSA) is 78.5 Å². The second kappa shape index (κ2) is 6.82. The molecule has 0 spiro atoms. The van der Waals surface area contributed by atoms with Gasteiger partial charge >= 0.3 is 0 Å². The third-order valence-electron chi connectivity index (χ3n) is 5.27. The molecule has 8 nitrogen and oxygen atoms in total. The zero-order chi connectivity index (χ0) is 19.1. The van der Waals surface area contributed by atoms with Gasteiger partial charge in [-0.25, -0.2) is 19.2 Å². The number of aromatic nitrogens is 4. The minimum absolute atomic E-state index is 0.00654. The summed E-state index contributed by atoms with van der Waals surface area (Å²) in [6.07, 6.45) is 2.89. The lowest BCUT2D eigenvalue weighted by Gasteiger charge is -2.41. The predicted molar refractivity (Wildman–Crippen MR) is 98.0 cm³/mol. The number of ether oxygens (including phenoxy) is 2. The van der Waals surface area contributed by atoms with E-state index in [9.17, 15) is 4.39 Å². The fourth-order valence-electron chi connectivity index (χ4n) is 3.91. The summed E-state index contributed by atoms with van der Waals surface area (Å²) in [5, 5.41) is 3.41. The van der Waals surface area contributed by atoms with Crippen molar-refractivity contribution in [1.82, 2.24) is 24.8 Å². The van der Waals surface area contributed by atoms with Crippen LogP contribution >= 0.6 is 0 Å². The average molecular weight is 380 g/mol. The minimum Gasteiger partial charge on any atom is -0.472 e. The van der Waals surface area contributed by atoms with Crippen molar-refractivity contribution in [3.8, 4) is 11.6 Å². The summed E-state index contributed by atoms with van der Waals surface area (Å²) in [7, 11) is 0. The lowest BCUT2D eigenvalue weighted by molar-refractivity contribution is -0.0829. The summed E-state index contributed by atoms with van der Waals surface area (Å²) in [5.41, 5.74) is 1.44. The number of imidazole rings is 1. The highest BCUT2D eigenvalue weighted by molar-refractivity contribution is 5.78. The normalized spacial score (nSPS) is 24.1. The molecule has 2 aliphatic heterocycles. The number of halogens is 1. The van der Waals surface area contributed by atoms with Crippen LogP contribution in [0.25, 0.3) is 21.7 Å². The molecule has 5 rings (SSSR count). The van der Waals surface area contributed by atoms with Crippen molar-refractivity contribution in [2.45, 2.75) is 6.10 Å². The van der Waals surface area contributed by atoms with E-state index in [0.29, 0.717) is 30.3 Å². The van der Waals surface area contributed by atoms with Crippen LogP contribution < -0.4 is 10.1 Å². The Kier molecular flexibility index (Phi) is 4.15. The molecule has 2 aromatic heterocycles. The van der Waals surface area contributed by atoms with Gasteiger partial charge in [0.2, 0.25) is 5.88 Å². The minimum atomic E-state index is -0.515. The van der Waals surface area contributed by atoms with Crippen LogP contribution in [-0.4, -0.2) is 51.9 Å². The third kappa shape index (κ3) is 2.78. The average Bonchev–Trinajstić information content (AvgIpc) is 3.12. The van der Waals surface area contributed by atoms with E-state index in [1.807, 2.05) is 0 Å². The molecule has 4 heterocycles. The van der Waals surface area contributed by atoms with Gasteiger partial charge in [0.05, 0.1) is 25.5 Å². The van der Waals surface area contributed by atoms with E-state index in [-0.39, 0.29) is 29.3 Å². The number of benzene rings is 1. The van der Waals surface area contributed by atoms with Crippen LogP contribution in [0, 0.1) is 24.2 Å². The monoisotopic (exact) mass is 380 g/mol. The number of piperidine rings is 1. The molecule has 0 saturated carbocycles. The first-order valence-corrected chi connectivity index (χ1v) is 9.05. The highest BCUT2D eigenvalue weighted by atomic mass is 19.1. The van der Waals surface area contributed by atoms with Gasteiger partial charge in [-0.3, -0.25) is 4.57 Å². The highest BCUT2D eigenvalue weighted by Gasteiger charge is 2.39. The second-order valence-corrected chi connectivity index (χ2v) is 7.01. The van der Waals surface area contributed by atoms with E-state index in [4.69, 9.17) is 16.0 Å². The number of rotatable bonds is 3. The van der Waals surface area contributed by atoms with Gasteiger partial charge in [0, 0.05) is 24.9 Å². The Morgan fingerprint density at radius 1 is 1.21 bits per heavy atom. The smallest absolute Gasteiger partial charge is 0.245 e. The molecule has 2 bridgehead atoms.